The lowest BCUT2D eigenvalue weighted by Gasteiger charge is -2.29. The topological polar surface area (TPSA) is 146 Å². The van der Waals surface area contributed by atoms with Gasteiger partial charge in [0.05, 0.1) is 29.3 Å². The number of carbonyl (C=O) groups excluding carboxylic acids is 4. The van der Waals surface area contributed by atoms with Crippen molar-refractivity contribution in [1.29, 1.82) is 0 Å². The van der Waals surface area contributed by atoms with Gasteiger partial charge in [-0.25, -0.2) is 4.79 Å². The van der Waals surface area contributed by atoms with Gasteiger partial charge in [-0.1, -0.05) is 0 Å². The van der Waals surface area contributed by atoms with Crippen LogP contribution in [-0.2, 0) is 21.7 Å². The summed E-state index contributed by atoms with van der Waals surface area (Å²) in [7, 11) is 0. The van der Waals surface area contributed by atoms with Crippen molar-refractivity contribution in [2.75, 3.05) is 5.32 Å². The van der Waals surface area contributed by atoms with Crippen LogP contribution < -0.4 is 16.0 Å². The Kier molecular flexibility index (Phi) is 6.12. The number of aromatic nitrogens is 3. The molecule has 5 amide bonds. The van der Waals surface area contributed by atoms with Crippen LogP contribution in [0.4, 0.5) is 10.5 Å². The zero-order valence-corrected chi connectivity index (χ0v) is 20.3. The maximum atomic E-state index is 12.9. The van der Waals surface area contributed by atoms with Crippen molar-refractivity contribution in [2.24, 2.45) is 0 Å². The predicted octanol–water partition coefficient (Wildman–Crippen LogP) is 2.36. The van der Waals surface area contributed by atoms with Crippen molar-refractivity contribution in [3.63, 3.8) is 0 Å². The van der Waals surface area contributed by atoms with E-state index in [1.54, 1.807) is 43.0 Å². The summed E-state index contributed by atoms with van der Waals surface area (Å²) < 4.78 is 0. The predicted molar refractivity (Wildman–Crippen MR) is 133 cm³/mol. The van der Waals surface area contributed by atoms with Crippen LogP contribution in [0, 0.1) is 0 Å². The first-order chi connectivity index (χ1) is 17.7. The fraction of sp³-hybridized carbons (Fsp3) is 0.269. The van der Waals surface area contributed by atoms with E-state index in [2.05, 4.69) is 30.9 Å². The van der Waals surface area contributed by atoms with Gasteiger partial charge >= 0.3 is 6.03 Å². The number of nitrogens with one attached hydrogen (secondary N) is 3. The molecule has 2 aliphatic rings. The maximum Gasteiger partial charge on any atom is 0.319 e. The molecule has 0 saturated carbocycles. The summed E-state index contributed by atoms with van der Waals surface area (Å²) in [5.74, 6) is -1.06. The number of urea groups is 1. The number of hydrogen-bond donors (Lipinski definition) is 3. The van der Waals surface area contributed by atoms with Crippen molar-refractivity contribution in [3.8, 4) is 11.3 Å². The number of nitrogens with zero attached hydrogens (tertiary/aromatic N) is 4. The normalized spacial score (nSPS) is 17.3. The minimum Gasteiger partial charge on any atom is -0.327 e. The molecule has 1 aromatic carbocycles. The number of amides is 5. The summed E-state index contributed by atoms with van der Waals surface area (Å²) in [4.78, 5) is 63.8. The Balaban J connectivity index is 1.24. The molecule has 11 nitrogen and oxygen atoms in total. The van der Waals surface area contributed by atoms with Crippen molar-refractivity contribution in [2.45, 2.75) is 44.8 Å². The molecule has 1 atom stereocenters. The number of hydrogen-bond acceptors (Lipinski definition) is 7. The minimum atomic E-state index is -0.820. The molecule has 3 N–H and O–H groups in total. The van der Waals surface area contributed by atoms with Gasteiger partial charge in [-0.2, -0.15) is 0 Å². The lowest BCUT2D eigenvalue weighted by Crippen LogP contribution is -2.52. The van der Waals surface area contributed by atoms with Crippen molar-refractivity contribution >= 4 is 29.4 Å². The lowest BCUT2D eigenvalue weighted by molar-refractivity contribution is -0.136. The van der Waals surface area contributed by atoms with Crippen LogP contribution in [0.3, 0.4) is 0 Å². The molecule has 37 heavy (non-hydrogen) atoms. The molecule has 11 heteroatoms. The van der Waals surface area contributed by atoms with Gasteiger partial charge in [-0.15, -0.1) is 0 Å². The molecular formula is C26H25N7O4. The SMILES string of the molecule is CC(C)(NC(=O)Nc1ccc2c(c1)CN(C1CCC(=O)NC1=O)C2=O)c1cnc(-c2cccnc2)cn1. The van der Waals surface area contributed by atoms with E-state index >= 15 is 0 Å². The number of imide groups is 1. The van der Waals surface area contributed by atoms with Crippen LogP contribution in [0.1, 0.15) is 48.3 Å². The van der Waals surface area contributed by atoms with Crippen LogP contribution >= 0.6 is 0 Å². The van der Waals surface area contributed by atoms with E-state index in [1.807, 2.05) is 26.0 Å². The summed E-state index contributed by atoms with van der Waals surface area (Å²) in [6.45, 7) is 3.86. The summed E-state index contributed by atoms with van der Waals surface area (Å²) in [6, 6.07) is 7.56. The van der Waals surface area contributed by atoms with Gasteiger partial charge in [0, 0.05) is 42.2 Å². The number of piperidine rings is 1. The molecule has 2 aromatic heterocycles. The van der Waals surface area contributed by atoms with Crippen LogP contribution in [0.25, 0.3) is 11.3 Å². The summed E-state index contributed by atoms with van der Waals surface area (Å²) in [5, 5.41) is 7.99. The quantitative estimate of drug-likeness (QED) is 0.457. The monoisotopic (exact) mass is 499 g/mol. The van der Waals surface area contributed by atoms with Gasteiger partial charge in [0.1, 0.15) is 6.04 Å². The number of carbonyl (C=O) groups is 4. The average Bonchev–Trinajstić information content (AvgIpc) is 3.19. The standard InChI is InChI=1S/C26H25N7O4/c1-26(2,21-13-28-19(12-29-21)15-4-3-9-27-11-15)32-25(37)30-17-5-6-18-16(10-17)14-33(24(18)36)20-7-8-22(34)31-23(20)35/h3-6,9-13,20H,7-8,14H2,1-2H3,(H2,30,32,37)(H,31,34,35). The van der Waals surface area contributed by atoms with Gasteiger partial charge in [0.25, 0.3) is 5.91 Å². The number of anilines is 1. The molecule has 0 aliphatic carbocycles. The average molecular weight is 500 g/mol. The van der Waals surface area contributed by atoms with Crippen LogP contribution in [-0.4, -0.2) is 49.6 Å². The third kappa shape index (κ3) is 4.88. The molecule has 188 valence electrons. The Bertz CT molecular complexity index is 1390. The van der Waals surface area contributed by atoms with E-state index < -0.39 is 23.5 Å². The number of rotatable bonds is 5. The third-order valence-corrected chi connectivity index (χ3v) is 6.46. The molecule has 1 saturated heterocycles. The molecule has 0 radical (unpaired) electrons. The number of pyridine rings is 1. The second kappa shape index (κ2) is 9.41. The molecule has 1 unspecified atom stereocenters. The third-order valence-electron chi connectivity index (χ3n) is 6.46. The highest BCUT2D eigenvalue weighted by atomic mass is 16.2. The van der Waals surface area contributed by atoms with E-state index in [0.717, 1.165) is 5.56 Å². The lowest BCUT2D eigenvalue weighted by atomic mass is 10.0. The zero-order valence-electron chi connectivity index (χ0n) is 20.3. The van der Waals surface area contributed by atoms with E-state index in [1.165, 1.54) is 4.90 Å². The van der Waals surface area contributed by atoms with E-state index in [9.17, 15) is 19.2 Å². The molecular weight excluding hydrogens is 474 g/mol. The van der Waals surface area contributed by atoms with Crippen molar-refractivity contribution < 1.29 is 19.2 Å². The van der Waals surface area contributed by atoms with Gasteiger partial charge in [-0.3, -0.25) is 34.7 Å². The molecule has 0 spiro atoms. The summed E-state index contributed by atoms with van der Waals surface area (Å²) >= 11 is 0. The molecule has 3 aromatic rings. The van der Waals surface area contributed by atoms with Gasteiger partial charge < -0.3 is 15.5 Å². The molecule has 4 heterocycles. The first-order valence-electron chi connectivity index (χ1n) is 11.8. The molecule has 1 fully saturated rings. The Morgan fingerprint density at radius 2 is 1.95 bits per heavy atom. The Morgan fingerprint density at radius 3 is 2.65 bits per heavy atom. The van der Waals surface area contributed by atoms with Crippen LogP contribution in [0.5, 0.6) is 0 Å². The summed E-state index contributed by atoms with van der Waals surface area (Å²) in [5.41, 5.74) is 2.95. The largest absolute Gasteiger partial charge is 0.327 e. The highest BCUT2D eigenvalue weighted by molar-refractivity contribution is 6.05. The Hall–Kier alpha value is -4.67. The Morgan fingerprint density at radius 1 is 1.11 bits per heavy atom. The van der Waals surface area contributed by atoms with Crippen LogP contribution in [0.15, 0.2) is 55.1 Å². The van der Waals surface area contributed by atoms with Crippen molar-refractivity contribution in [1.82, 2.24) is 30.5 Å². The van der Waals surface area contributed by atoms with Gasteiger partial charge in [0.15, 0.2) is 0 Å². The minimum absolute atomic E-state index is 0.190. The zero-order chi connectivity index (χ0) is 26.2. The van der Waals surface area contributed by atoms with Gasteiger partial charge in [-0.05, 0) is 56.2 Å². The Labute approximate surface area is 212 Å². The smallest absolute Gasteiger partial charge is 0.319 e. The molecule has 2 aliphatic heterocycles. The molecule has 0 bridgehead atoms. The second-order valence-electron chi connectivity index (χ2n) is 9.50. The molecule has 5 rings (SSSR count). The van der Waals surface area contributed by atoms with Gasteiger partial charge in [0.2, 0.25) is 11.8 Å². The second-order valence-corrected chi connectivity index (χ2v) is 9.50. The fourth-order valence-corrected chi connectivity index (χ4v) is 4.48. The highest BCUT2D eigenvalue weighted by Crippen LogP contribution is 2.29. The first-order valence-corrected chi connectivity index (χ1v) is 11.8. The number of fused-ring (bicyclic) bond motifs is 1. The maximum absolute atomic E-state index is 12.9. The fourth-order valence-electron chi connectivity index (χ4n) is 4.48. The van der Waals surface area contributed by atoms with Crippen molar-refractivity contribution in [3.05, 3.63) is 71.9 Å². The van der Waals surface area contributed by atoms with E-state index in [0.29, 0.717) is 34.6 Å². The number of benzene rings is 1. The van der Waals surface area contributed by atoms with E-state index in [-0.39, 0.29) is 24.8 Å². The first kappa shape index (κ1) is 24.0. The van der Waals surface area contributed by atoms with Crippen LogP contribution in [0.2, 0.25) is 0 Å². The highest BCUT2D eigenvalue weighted by Gasteiger charge is 2.39. The van der Waals surface area contributed by atoms with E-state index in [4.69, 9.17) is 0 Å². The summed E-state index contributed by atoms with van der Waals surface area (Å²) in [6.07, 6.45) is 7.13.